The van der Waals surface area contributed by atoms with Crippen molar-refractivity contribution in [1.29, 1.82) is 0 Å². The van der Waals surface area contributed by atoms with Crippen molar-refractivity contribution >= 4 is 5.69 Å². The Labute approximate surface area is 106 Å². The molecule has 0 saturated carbocycles. The van der Waals surface area contributed by atoms with Crippen molar-refractivity contribution in [3.8, 4) is 0 Å². The molecule has 0 aliphatic carbocycles. The summed E-state index contributed by atoms with van der Waals surface area (Å²) in [4.78, 5) is 10.6. The number of hydrogen-bond acceptors (Lipinski definition) is 4. The van der Waals surface area contributed by atoms with Crippen molar-refractivity contribution in [3.63, 3.8) is 0 Å². The Morgan fingerprint density at radius 3 is 2.94 bits per heavy atom. The van der Waals surface area contributed by atoms with Gasteiger partial charge in [-0.3, -0.25) is 10.1 Å². The summed E-state index contributed by atoms with van der Waals surface area (Å²) in [6, 6.07) is 7.04. The lowest BCUT2D eigenvalue weighted by Crippen LogP contribution is -2.38. The van der Waals surface area contributed by atoms with Crippen LogP contribution in [0.3, 0.4) is 0 Å². The average Bonchev–Trinajstić information content (AvgIpc) is 2.38. The highest BCUT2D eigenvalue weighted by molar-refractivity contribution is 5.39. The first-order valence-electron chi connectivity index (χ1n) is 6.24. The molecule has 18 heavy (non-hydrogen) atoms. The maximum absolute atomic E-state index is 10.9. The molecule has 1 aromatic rings. The summed E-state index contributed by atoms with van der Waals surface area (Å²) in [5, 5.41) is 10.9. The molecule has 2 atom stereocenters. The van der Waals surface area contributed by atoms with Crippen molar-refractivity contribution in [1.82, 2.24) is 0 Å². The number of benzene rings is 1. The van der Waals surface area contributed by atoms with E-state index in [0.717, 1.165) is 25.0 Å². The normalized spacial score (nSPS) is 23.8. The van der Waals surface area contributed by atoms with Gasteiger partial charge in [-0.05, 0) is 25.2 Å². The first-order chi connectivity index (χ1) is 8.68. The Morgan fingerprint density at radius 1 is 1.44 bits per heavy atom. The predicted octanol–water partition coefficient (Wildman–Crippen LogP) is 1.89. The second kappa shape index (κ2) is 5.93. The minimum Gasteiger partial charge on any atom is -0.381 e. The molecule has 2 unspecified atom stereocenters. The summed E-state index contributed by atoms with van der Waals surface area (Å²) < 4.78 is 5.40. The van der Waals surface area contributed by atoms with Crippen LogP contribution in [0.2, 0.25) is 0 Å². The molecule has 2 N–H and O–H groups in total. The molecule has 2 rings (SSSR count). The third kappa shape index (κ3) is 3.05. The van der Waals surface area contributed by atoms with Gasteiger partial charge in [0.05, 0.1) is 11.5 Å². The second-order valence-electron chi connectivity index (χ2n) is 4.71. The highest BCUT2D eigenvalue weighted by Gasteiger charge is 2.23. The average molecular weight is 250 g/mol. The number of nitrogens with two attached hydrogens (primary N) is 1. The van der Waals surface area contributed by atoms with E-state index in [4.69, 9.17) is 10.5 Å². The van der Waals surface area contributed by atoms with E-state index in [1.165, 1.54) is 0 Å². The largest absolute Gasteiger partial charge is 0.381 e. The van der Waals surface area contributed by atoms with Crippen molar-refractivity contribution in [2.45, 2.75) is 25.3 Å². The molecule has 1 fully saturated rings. The monoisotopic (exact) mass is 250 g/mol. The highest BCUT2D eigenvalue weighted by atomic mass is 16.6. The van der Waals surface area contributed by atoms with Crippen LogP contribution in [0.25, 0.3) is 0 Å². The predicted molar refractivity (Wildman–Crippen MR) is 68.3 cm³/mol. The van der Waals surface area contributed by atoms with Gasteiger partial charge in [0.2, 0.25) is 0 Å². The van der Waals surface area contributed by atoms with E-state index in [2.05, 4.69) is 0 Å². The van der Waals surface area contributed by atoms with E-state index in [1.54, 1.807) is 12.1 Å². The van der Waals surface area contributed by atoms with Gasteiger partial charge in [0.25, 0.3) is 5.69 Å². The Hall–Kier alpha value is -1.46. The zero-order chi connectivity index (χ0) is 13.0. The van der Waals surface area contributed by atoms with E-state index in [1.807, 2.05) is 12.1 Å². The van der Waals surface area contributed by atoms with Crippen LogP contribution in [0.15, 0.2) is 24.3 Å². The van der Waals surface area contributed by atoms with Crippen LogP contribution in [0, 0.1) is 16.0 Å². The van der Waals surface area contributed by atoms with E-state index in [-0.39, 0.29) is 16.7 Å². The Kier molecular flexibility index (Phi) is 4.28. The quantitative estimate of drug-likeness (QED) is 0.653. The molecule has 5 nitrogen and oxygen atoms in total. The summed E-state index contributed by atoms with van der Waals surface area (Å²) in [6.07, 6.45) is 2.40. The lowest BCUT2D eigenvalue weighted by molar-refractivity contribution is -0.385. The smallest absolute Gasteiger partial charge is 0.272 e. The maximum Gasteiger partial charge on any atom is 0.272 e. The summed E-state index contributed by atoms with van der Waals surface area (Å²) in [7, 11) is 0. The van der Waals surface area contributed by atoms with Crippen LogP contribution >= 0.6 is 0 Å². The first-order valence-corrected chi connectivity index (χ1v) is 6.24. The van der Waals surface area contributed by atoms with Crippen LogP contribution in [0.1, 0.15) is 18.4 Å². The van der Waals surface area contributed by atoms with Crippen LogP contribution in [-0.4, -0.2) is 24.2 Å². The van der Waals surface area contributed by atoms with Gasteiger partial charge in [-0.15, -0.1) is 0 Å². The SMILES string of the molecule is NC1CCOCC1CCc1ccccc1[N+](=O)[O-]. The van der Waals surface area contributed by atoms with Gasteiger partial charge in [0, 0.05) is 24.3 Å². The third-order valence-corrected chi connectivity index (χ3v) is 3.51. The van der Waals surface area contributed by atoms with Gasteiger partial charge in [-0.25, -0.2) is 0 Å². The maximum atomic E-state index is 10.9. The number of para-hydroxylation sites is 1. The van der Waals surface area contributed by atoms with Crippen molar-refractivity contribution in [3.05, 3.63) is 39.9 Å². The molecule has 0 amide bonds. The van der Waals surface area contributed by atoms with E-state index in [0.29, 0.717) is 18.9 Å². The molecule has 5 heteroatoms. The van der Waals surface area contributed by atoms with Crippen molar-refractivity contribution in [2.75, 3.05) is 13.2 Å². The van der Waals surface area contributed by atoms with E-state index in [9.17, 15) is 10.1 Å². The Morgan fingerprint density at radius 2 is 2.22 bits per heavy atom. The van der Waals surface area contributed by atoms with Crippen molar-refractivity contribution in [2.24, 2.45) is 11.7 Å². The fraction of sp³-hybridized carbons (Fsp3) is 0.538. The van der Waals surface area contributed by atoms with Crippen LogP contribution < -0.4 is 5.73 Å². The minimum atomic E-state index is -0.327. The Bertz CT molecular complexity index is 422. The standard InChI is InChI=1S/C13H18N2O3/c14-12-7-8-18-9-11(12)6-5-10-3-1-2-4-13(10)15(16)17/h1-4,11-12H,5-9,14H2. The lowest BCUT2D eigenvalue weighted by atomic mass is 9.90. The summed E-state index contributed by atoms with van der Waals surface area (Å²) in [5.74, 6) is 0.304. The van der Waals surface area contributed by atoms with Crippen molar-refractivity contribution < 1.29 is 9.66 Å². The molecule has 0 aromatic heterocycles. The first kappa shape index (κ1) is 13.0. The zero-order valence-electron chi connectivity index (χ0n) is 10.2. The topological polar surface area (TPSA) is 78.4 Å². The zero-order valence-corrected chi connectivity index (χ0v) is 10.2. The van der Waals surface area contributed by atoms with Crippen LogP contribution in [0.4, 0.5) is 5.69 Å². The number of nitrogens with zero attached hydrogens (tertiary/aromatic N) is 1. The van der Waals surface area contributed by atoms with Gasteiger partial charge in [-0.2, -0.15) is 0 Å². The van der Waals surface area contributed by atoms with E-state index >= 15 is 0 Å². The molecule has 1 saturated heterocycles. The van der Waals surface area contributed by atoms with Crippen LogP contribution in [0.5, 0.6) is 0 Å². The molecule has 1 aromatic carbocycles. The number of ether oxygens (including phenoxy) is 1. The molecule has 0 bridgehead atoms. The number of aryl methyl sites for hydroxylation is 1. The minimum absolute atomic E-state index is 0.154. The molecular weight excluding hydrogens is 232 g/mol. The molecule has 1 aliphatic heterocycles. The fourth-order valence-electron chi connectivity index (χ4n) is 2.35. The summed E-state index contributed by atoms with van der Waals surface area (Å²) in [5.41, 5.74) is 7.00. The molecule has 1 aliphatic rings. The fourth-order valence-corrected chi connectivity index (χ4v) is 2.35. The number of rotatable bonds is 4. The molecule has 98 valence electrons. The molecule has 0 radical (unpaired) electrons. The molecule has 0 spiro atoms. The summed E-state index contributed by atoms with van der Waals surface area (Å²) >= 11 is 0. The number of nitro groups is 1. The highest BCUT2D eigenvalue weighted by Crippen LogP contribution is 2.23. The number of hydrogen-bond donors (Lipinski definition) is 1. The van der Waals surface area contributed by atoms with Crippen LogP contribution in [-0.2, 0) is 11.2 Å². The van der Waals surface area contributed by atoms with Gasteiger partial charge >= 0.3 is 0 Å². The van der Waals surface area contributed by atoms with E-state index < -0.39 is 0 Å². The third-order valence-electron chi connectivity index (χ3n) is 3.51. The number of nitro benzene ring substituents is 1. The summed E-state index contributed by atoms with van der Waals surface area (Å²) in [6.45, 7) is 1.39. The van der Waals surface area contributed by atoms with Gasteiger partial charge in [0.1, 0.15) is 0 Å². The molecular formula is C13H18N2O3. The van der Waals surface area contributed by atoms with Gasteiger partial charge in [0.15, 0.2) is 0 Å². The Balaban J connectivity index is 1.99. The second-order valence-corrected chi connectivity index (χ2v) is 4.71. The molecule has 1 heterocycles. The lowest BCUT2D eigenvalue weighted by Gasteiger charge is -2.28. The van der Waals surface area contributed by atoms with Gasteiger partial charge < -0.3 is 10.5 Å². The van der Waals surface area contributed by atoms with Gasteiger partial charge in [-0.1, -0.05) is 18.2 Å².